The summed E-state index contributed by atoms with van der Waals surface area (Å²) in [5.41, 5.74) is -0.512. The maximum atomic E-state index is 5.95. The van der Waals surface area contributed by atoms with Gasteiger partial charge in [0.25, 0.3) is 0 Å². The SMILES string of the molecule is CC1(C)O[C@H]2OC[C@]3(COC(C)(C)O3)[C@H]2O1. The van der Waals surface area contributed by atoms with Crippen molar-refractivity contribution in [3.63, 3.8) is 0 Å². The van der Waals surface area contributed by atoms with Crippen molar-refractivity contribution in [1.82, 2.24) is 0 Å². The molecule has 16 heavy (non-hydrogen) atoms. The van der Waals surface area contributed by atoms with Crippen LogP contribution in [0.5, 0.6) is 0 Å². The summed E-state index contributed by atoms with van der Waals surface area (Å²) in [6.07, 6.45) is -0.545. The summed E-state index contributed by atoms with van der Waals surface area (Å²) in [6.45, 7) is 8.50. The molecule has 0 saturated carbocycles. The van der Waals surface area contributed by atoms with E-state index in [9.17, 15) is 0 Å². The largest absolute Gasteiger partial charge is 0.347 e. The van der Waals surface area contributed by atoms with Gasteiger partial charge in [-0.1, -0.05) is 0 Å². The van der Waals surface area contributed by atoms with Crippen LogP contribution in [0, 0.1) is 0 Å². The van der Waals surface area contributed by atoms with E-state index in [0.29, 0.717) is 13.2 Å². The van der Waals surface area contributed by atoms with Crippen LogP contribution < -0.4 is 0 Å². The molecule has 0 aromatic heterocycles. The molecule has 0 bridgehead atoms. The molecule has 3 fully saturated rings. The van der Waals surface area contributed by atoms with E-state index in [1.54, 1.807) is 0 Å². The van der Waals surface area contributed by atoms with Gasteiger partial charge in [-0.05, 0) is 27.7 Å². The van der Waals surface area contributed by atoms with Crippen molar-refractivity contribution >= 4 is 0 Å². The lowest BCUT2D eigenvalue weighted by Gasteiger charge is -2.28. The zero-order valence-electron chi connectivity index (χ0n) is 10.1. The predicted octanol–water partition coefficient (Wildman–Crippen LogP) is 1.02. The van der Waals surface area contributed by atoms with Crippen molar-refractivity contribution in [3.05, 3.63) is 0 Å². The zero-order valence-corrected chi connectivity index (χ0v) is 10.1. The van der Waals surface area contributed by atoms with Gasteiger partial charge in [0, 0.05) is 0 Å². The van der Waals surface area contributed by atoms with Crippen LogP contribution in [0.3, 0.4) is 0 Å². The third-order valence-corrected chi connectivity index (χ3v) is 3.18. The Bertz CT molecular complexity index is 311. The quantitative estimate of drug-likeness (QED) is 0.621. The van der Waals surface area contributed by atoms with Crippen LogP contribution in [0.15, 0.2) is 0 Å². The van der Waals surface area contributed by atoms with Crippen LogP contribution in [0.25, 0.3) is 0 Å². The lowest BCUT2D eigenvalue weighted by molar-refractivity contribution is -0.225. The minimum absolute atomic E-state index is 0.204. The van der Waals surface area contributed by atoms with Gasteiger partial charge >= 0.3 is 0 Å². The fourth-order valence-corrected chi connectivity index (χ4v) is 2.57. The Hall–Kier alpha value is -0.200. The summed E-state index contributed by atoms with van der Waals surface area (Å²) in [5.74, 6) is -1.19. The monoisotopic (exact) mass is 230 g/mol. The van der Waals surface area contributed by atoms with E-state index in [2.05, 4.69) is 0 Å². The summed E-state index contributed by atoms with van der Waals surface area (Å²) in [7, 11) is 0. The van der Waals surface area contributed by atoms with Gasteiger partial charge in [-0.2, -0.15) is 0 Å². The smallest absolute Gasteiger partial charge is 0.190 e. The van der Waals surface area contributed by atoms with Gasteiger partial charge < -0.3 is 23.7 Å². The molecule has 0 amide bonds. The number of hydrogen-bond donors (Lipinski definition) is 0. The lowest BCUT2D eigenvalue weighted by Crippen LogP contribution is -2.47. The van der Waals surface area contributed by atoms with Crippen molar-refractivity contribution < 1.29 is 23.7 Å². The number of fused-ring (bicyclic) bond motifs is 2. The van der Waals surface area contributed by atoms with Gasteiger partial charge in [0.1, 0.15) is 11.7 Å². The molecule has 5 heteroatoms. The van der Waals surface area contributed by atoms with E-state index in [1.807, 2.05) is 27.7 Å². The van der Waals surface area contributed by atoms with Gasteiger partial charge in [0.2, 0.25) is 0 Å². The fraction of sp³-hybridized carbons (Fsp3) is 1.00. The van der Waals surface area contributed by atoms with Gasteiger partial charge in [-0.3, -0.25) is 0 Å². The molecule has 0 N–H and O–H groups in total. The van der Waals surface area contributed by atoms with Crippen molar-refractivity contribution in [2.45, 2.75) is 57.3 Å². The molecule has 3 aliphatic rings. The van der Waals surface area contributed by atoms with E-state index < -0.39 is 17.2 Å². The molecule has 3 atom stereocenters. The van der Waals surface area contributed by atoms with Crippen LogP contribution in [-0.4, -0.2) is 42.8 Å². The molecule has 3 aliphatic heterocycles. The average Bonchev–Trinajstić information content (AvgIpc) is 2.69. The van der Waals surface area contributed by atoms with Gasteiger partial charge in [0.15, 0.2) is 17.9 Å². The summed E-state index contributed by atoms with van der Waals surface area (Å²) >= 11 is 0. The highest BCUT2D eigenvalue weighted by Gasteiger charge is 2.64. The van der Waals surface area contributed by atoms with Crippen molar-refractivity contribution in [2.24, 2.45) is 0 Å². The second-order valence-electron chi connectivity index (χ2n) is 5.59. The maximum absolute atomic E-state index is 5.95. The Balaban J connectivity index is 1.84. The first-order valence-corrected chi connectivity index (χ1v) is 5.63. The number of hydrogen-bond acceptors (Lipinski definition) is 5. The van der Waals surface area contributed by atoms with Crippen molar-refractivity contribution in [3.8, 4) is 0 Å². The topological polar surface area (TPSA) is 46.2 Å². The second-order valence-corrected chi connectivity index (χ2v) is 5.59. The van der Waals surface area contributed by atoms with Crippen LogP contribution in [0.2, 0.25) is 0 Å². The standard InChI is InChI=1S/C11H18O5/c1-9(2)13-6-11(16-9)5-12-8-7(11)14-10(3,4)15-8/h7-8H,5-6H2,1-4H3/t7-,8+,11-/m0/s1. The van der Waals surface area contributed by atoms with Crippen LogP contribution in [0.1, 0.15) is 27.7 Å². The summed E-state index contributed by atoms with van der Waals surface area (Å²) < 4.78 is 28.7. The maximum Gasteiger partial charge on any atom is 0.190 e. The van der Waals surface area contributed by atoms with E-state index in [-0.39, 0.29) is 12.4 Å². The Morgan fingerprint density at radius 2 is 1.69 bits per heavy atom. The fourth-order valence-electron chi connectivity index (χ4n) is 2.57. The summed E-state index contributed by atoms with van der Waals surface area (Å²) in [6, 6.07) is 0. The summed E-state index contributed by atoms with van der Waals surface area (Å²) in [5, 5.41) is 0. The minimum Gasteiger partial charge on any atom is -0.347 e. The van der Waals surface area contributed by atoms with Gasteiger partial charge in [0.05, 0.1) is 13.2 Å². The highest BCUT2D eigenvalue weighted by atomic mass is 16.9. The third-order valence-electron chi connectivity index (χ3n) is 3.18. The highest BCUT2D eigenvalue weighted by molar-refractivity contribution is 5.03. The normalized spacial score (nSPS) is 48.8. The number of ether oxygens (including phenoxy) is 5. The molecule has 92 valence electrons. The Morgan fingerprint density at radius 3 is 2.31 bits per heavy atom. The first-order chi connectivity index (χ1) is 7.32. The number of rotatable bonds is 0. The van der Waals surface area contributed by atoms with Crippen LogP contribution in [0.4, 0.5) is 0 Å². The van der Waals surface area contributed by atoms with Crippen molar-refractivity contribution in [2.75, 3.05) is 13.2 Å². The molecule has 0 aliphatic carbocycles. The molecule has 5 nitrogen and oxygen atoms in total. The molecule has 3 rings (SSSR count). The van der Waals surface area contributed by atoms with E-state index in [4.69, 9.17) is 23.7 Å². The molecule has 0 radical (unpaired) electrons. The molecular formula is C11H18O5. The van der Waals surface area contributed by atoms with Crippen LogP contribution in [-0.2, 0) is 23.7 Å². The Labute approximate surface area is 94.9 Å². The van der Waals surface area contributed by atoms with Gasteiger partial charge in [-0.25, -0.2) is 0 Å². The molecule has 0 unspecified atom stereocenters. The Kier molecular flexibility index (Phi) is 2.03. The molecule has 3 heterocycles. The van der Waals surface area contributed by atoms with E-state index in [0.717, 1.165) is 0 Å². The first-order valence-electron chi connectivity index (χ1n) is 5.63. The van der Waals surface area contributed by atoms with Crippen LogP contribution >= 0.6 is 0 Å². The molecule has 0 aromatic carbocycles. The van der Waals surface area contributed by atoms with E-state index in [1.165, 1.54) is 0 Å². The minimum atomic E-state index is -0.612. The highest BCUT2D eigenvalue weighted by Crippen LogP contribution is 2.46. The molecular weight excluding hydrogens is 212 g/mol. The Morgan fingerprint density at radius 1 is 0.938 bits per heavy atom. The van der Waals surface area contributed by atoms with E-state index >= 15 is 0 Å². The molecule has 1 spiro atoms. The predicted molar refractivity (Wildman–Crippen MR) is 53.6 cm³/mol. The zero-order chi connectivity index (χ0) is 11.6. The molecule has 0 aromatic rings. The molecule has 3 saturated heterocycles. The average molecular weight is 230 g/mol. The second kappa shape index (κ2) is 2.97. The third kappa shape index (κ3) is 1.50. The van der Waals surface area contributed by atoms with Crippen molar-refractivity contribution in [1.29, 1.82) is 0 Å². The first kappa shape index (κ1) is 10.9. The van der Waals surface area contributed by atoms with Gasteiger partial charge in [-0.15, -0.1) is 0 Å². The lowest BCUT2D eigenvalue weighted by atomic mass is 10.0. The summed E-state index contributed by atoms with van der Waals surface area (Å²) in [4.78, 5) is 0.